The van der Waals surface area contributed by atoms with E-state index in [1.54, 1.807) is 0 Å². The first-order valence-corrected chi connectivity index (χ1v) is 5.68. The monoisotopic (exact) mass is 211 g/mol. The van der Waals surface area contributed by atoms with Crippen molar-refractivity contribution >= 4 is 11.8 Å². The normalized spacial score (nSPS) is 32.3. The Morgan fingerprint density at radius 2 is 1.87 bits per heavy atom. The number of carbonyl (C=O) groups is 2. The van der Waals surface area contributed by atoms with Gasteiger partial charge in [0, 0.05) is 0 Å². The third-order valence-electron chi connectivity index (χ3n) is 3.67. The summed E-state index contributed by atoms with van der Waals surface area (Å²) in [6, 6.07) is -0.310. The molecule has 2 unspecified atom stereocenters. The number of imide groups is 1. The highest BCUT2D eigenvalue weighted by atomic mass is 16.3. The van der Waals surface area contributed by atoms with Crippen molar-refractivity contribution in [3.63, 3.8) is 0 Å². The number of likely N-dealkylation sites (tertiary alicyclic amines) is 1. The third-order valence-corrected chi connectivity index (χ3v) is 3.67. The fourth-order valence-electron chi connectivity index (χ4n) is 2.77. The summed E-state index contributed by atoms with van der Waals surface area (Å²) < 4.78 is 0. The molecule has 4 nitrogen and oxygen atoms in total. The third kappa shape index (κ3) is 1.47. The topological polar surface area (TPSA) is 57.6 Å². The Morgan fingerprint density at radius 3 is 2.27 bits per heavy atom. The van der Waals surface area contributed by atoms with E-state index in [0.29, 0.717) is 6.42 Å². The highest BCUT2D eigenvalue weighted by Gasteiger charge is 2.51. The van der Waals surface area contributed by atoms with Crippen LogP contribution in [0.15, 0.2) is 0 Å². The summed E-state index contributed by atoms with van der Waals surface area (Å²) in [5.41, 5.74) is 0. The number of aliphatic hydroxyl groups is 1. The van der Waals surface area contributed by atoms with E-state index in [-0.39, 0.29) is 36.3 Å². The van der Waals surface area contributed by atoms with Crippen LogP contribution < -0.4 is 0 Å². The van der Waals surface area contributed by atoms with Crippen molar-refractivity contribution in [3.8, 4) is 0 Å². The molecule has 0 aromatic rings. The molecule has 84 valence electrons. The van der Waals surface area contributed by atoms with E-state index in [2.05, 4.69) is 0 Å². The van der Waals surface area contributed by atoms with Crippen molar-refractivity contribution in [2.75, 3.05) is 6.61 Å². The molecule has 3 atom stereocenters. The molecule has 0 aromatic heterocycles. The van der Waals surface area contributed by atoms with Crippen LogP contribution in [0.5, 0.6) is 0 Å². The Balaban J connectivity index is 2.20. The van der Waals surface area contributed by atoms with E-state index in [9.17, 15) is 9.59 Å². The molecule has 0 spiro atoms. The fraction of sp³-hybridized carbons (Fsp3) is 0.818. The van der Waals surface area contributed by atoms with Crippen molar-refractivity contribution < 1.29 is 14.7 Å². The molecule has 2 rings (SSSR count). The molecule has 1 heterocycles. The van der Waals surface area contributed by atoms with E-state index in [1.807, 2.05) is 6.92 Å². The lowest BCUT2D eigenvalue weighted by Gasteiger charge is -2.24. The van der Waals surface area contributed by atoms with Crippen LogP contribution in [0.2, 0.25) is 0 Å². The lowest BCUT2D eigenvalue weighted by molar-refractivity contribution is -0.144. The molecule has 0 aromatic carbocycles. The number of nitrogens with zero attached hydrogens (tertiary/aromatic N) is 1. The highest BCUT2D eigenvalue weighted by molar-refractivity contribution is 6.05. The van der Waals surface area contributed by atoms with E-state index in [4.69, 9.17) is 5.11 Å². The number of carbonyl (C=O) groups excluding carboxylic acids is 2. The molecule has 1 N–H and O–H groups in total. The van der Waals surface area contributed by atoms with Gasteiger partial charge in [-0.1, -0.05) is 13.3 Å². The SMILES string of the molecule is CC[C@@H](CO)N1C(=O)C2CCCC2C1=O. The zero-order valence-corrected chi connectivity index (χ0v) is 8.98. The van der Waals surface area contributed by atoms with Crippen LogP contribution in [-0.4, -0.2) is 34.5 Å². The van der Waals surface area contributed by atoms with Crippen molar-refractivity contribution in [3.05, 3.63) is 0 Å². The molecular weight excluding hydrogens is 194 g/mol. The number of hydrogen-bond donors (Lipinski definition) is 1. The van der Waals surface area contributed by atoms with Gasteiger partial charge in [0.05, 0.1) is 24.5 Å². The van der Waals surface area contributed by atoms with Crippen molar-refractivity contribution in [2.45, 2.75) is 38.6 Å². The Morgan fingerprint density at radius 1 is 1.33 bits per heavy atom. The Bertz CT molecular complexity index is 264. The van der Waals surface area contributed by atoms with Crippen LogP contribution in [0.25, 0.3) is 0 Å². The van der Waals surface area contributed by atoms with Gasteiger partial charge in [-0.25, -0.2) is 0 Å². The van der Waals surface area contributed by atoms with Crippen LogP contribution in [-0.2, 0) is 9.59 Å². The molecule has 1 saturated carbocycles. The van der Waals surface area contributed by atoms with Gasteiger partial charge < -0.3 is 5.11 Å². The van der Waals surface area contributed by atoms with Crippen LogP contribution in [0, 0.1) is 11.8 Å². The predicted octanol–water partition coefficient (Wildman–Crippen LogP) is 0.542. The first kappa shape index (κ1) is 10.6. The minimum Gasteiger partial charge on any atom is -0.394 e. The molecule has 1 aliphatic carbocycles. The van der Waals surface area contributed by atoms with Crippen molar-refractivity contribution in [2.24, 2.45) is 11.8 Å². The van der Waals surface area contributed by atoms with Crippen LogP contribution in [0.1, 0.15) is 32.6 Å². The summed E-state index contributed by atoms with van der Waals surface area (Å²) in [7, 11) is 0. The summed E-state index contributed by atoms with van der Waals surface area (Å²) >= 11 is 0. The van der Waals surface area contributed by atoms with Gasteiger partial charge in [0.1, 0.15) is 0 Å². The largest absolute Gasteiger partial charge is 0.394 e. The van der Waals surface area contributed by atoms with Gasteiger partial charge in [-0.3, -0.25) is 14.5 Å². The number of fused-ring (bicyclic) bond motifs is 1. The summed E-state index contributed by atoms with van der Waals surface area (Å²) in [6.07, 6.45) is 3.30. The lowest BCUT2D eigenvalue weighted by atomic mass is 10.00. The predicted molar refractivity (Wildman–Crippen MR) is 53.8 cm³/mol. The fourth-order valence-corrected chi connectivity index (χ4v) is 2.77. The Labute approximate surface area is 89.3 Å². The molecule has 15 heavy (non-hydrogen) atoms. The number of aliphatic hydroxyl groups excluding tert-OH is 1. The second-order valence-electron chi connectivity index (χ2n) is 4.44. The molecular formula is C11H17NO3. The maximum atomic E-state index is 12.0. The molecule has 0 bridgehead atoms. The Kier molecular flexibility index (Phi) is 2.78. The maximum Gasteiger partial charge on any atom is 0.233 e. The van der Waals surface area contributed by atoms with Gasteiger partial charge in [-0.2, -0.15) is 0 Å². The van der Waals surface area contributed by atoms with Gasteiger partial charge >= 0.3 is 0 Å². The molecule has 1 aliphatic heterocycles. The minimum atomic E-state index is -0.310. The quantitative estimate of drug-likeness (QED) is 0.693. The number of amides is 2. The zero-order chi connectivity index (χ0) is 11.0. The lowest BCUT2D eigenvalue weighted by Crippen LogP contribution is -2.42. The van der Waals surface area contributed by atoms with Crippen LogP contribution in [0.4, 0.5) is 0 Å². The molecule has 2 fully saturated rings. The summed E-state index contributed by atoms with van der Waals surface area (Å²) in [5.74, 6) is -0.275. The highest BCUT2D eigenvalue weighted by Crippen LogP contribution is 2.40. The average Bonchev–Trinajstić information content (AvgIpc) is 2.79. The summed E-state index contributed by atoms with van der Waals surface area (Å²) in [6.45, 7) is 1.77. The number of hydrogen-bond acceptors (Lipinski definition) is 3. The van der Waals surface area contributed by atoms with E-state index < -0.39 is 0 Å². The maximum absolute atomic E-state index is 12.0. The smallest absolute Gasteiger partial charge is 0.233 e. The van der Waals surface area contributed by atoms with E-state index in [1.165, 1.54) is 4.90 Å². The number of rotatable bonds is 3. The molecule has 4 heteroatoms. The first-order valence-electron chi connectivity index (χ1n) is 5.68. The molecule has 0 radical (unpaired) electrons. The zero-order valence-electron chi connectivity index (χ0n) is 8.98. The van der Waals surface area contributed by atoms with Gasteiger partial charge in [-0.05, 0) is 19.3 Å². The van der Waals surface area contributed by atoms with Crippen molar-refractivity contribution in [1.29, 1.82) is 0 Å². The standard InChI is InChI=1S/C11H17NO3/c1-2-7(6-13)12-10(14)8-4-3-5-9(8)11(12)15/h7-9,13H,2-6H2,1H3/t7-,8?,9?/m0/s1. The average molecular weight is 211 g/mol. The van der Waals surface area contributed by atoms with Gasteiger partial charge in [-0.15, -0.1) is 0 Å². The molecule has 2 aliphatic rings. The van der Waals surface area contributed by atoms with Gasteiger partial charge in [0.15, 0.2) is 0 Å². The molecule has 2 amide bonds. The minimum absolute atomic E-state index is 0.0524. The van der Waals surface area contributed by atoms with Gasteiger partial charge in [0.2, 0.25) is 11.8 Å². The Hall–Kier alpha value is -0.900. The van der Waals surface area contributed by atoms with E-state index >= 15 is 0 Å². The second kappa shape index (κ2) is 3.93. The summed E-state index contributed by atoms with van der Waals surface area (Å²) in [5, 5.41) is 9.14. The van der Waals surface area contributed by atoms with Crippen LogP contribution >= 0.6 is 0 Å². The van der Waals surface area contributed by atoms with Crippen LogP contribution in [0.3, 0.4) is 0 Å². The van der Waals surface area contributed by atoms with E-state index in [0.717, 1.165) is 19.3 Å². The first-order chi connectivity index (χ1) is 7.20. The summed E-state index contributed by atoms with van der Waals surface area (Å²) in [4.78, 5) is 25.2. The van der Waals surface area contributed by atoms with Gasteiger partial charge in [0.25, 0.3) is 0 Å². The molecule has 1 saturated heterocycles. The second-order valence-corrected chi connectivity index (χ2v) is 4.44. The van der Waals surface area contributed by atoms with Crippen molar-refractivity contribution in [1.82, 2.24) is 4.90 Å².